The number of hydrogen-bond acceptors (Lipinski definition) is 7. The Bertz CT molecular complexity index is 1220. The first kappa shape index (κ1) is 19.2. The summed E-state index contributed by atoms with van der Waals surface area (Å²) in [7, 11) is 0. The molecule has 0 aliphatic rings. The third-order valence-electron chi connectivity index (χ3n) is 4.44. The van der Waals surface area contributed by atoms with Crippen molar-refractivity contribution in [3.63, 3.8) is 0 Å². The van der Waals surface area contributed by atoms with Crippen molar-refractivity contribution in [1.29, 1.82) is 0 Å². The smallest absolute Gasteiger partial charge is 0.277 e. The van der Waals surface area contributed by atoms with E-state index in [1.165, 1.54) is 11.8 Å². The van der Waals surface area contributed by atoms with E-state index in [1.54, 1.807) is 6.07 Å². The molecule has 4 rings (SSSR count). The molecule has 0 amide bonds. The minimum absolute atomic E-state index is 0.161. The third-order valence-corrected chi connectivity index (χ3v) is 5.38. The van der Waals surface area contributed by atoms with Gasteiger partial charge in [-0.25, -0.2) is 4.98 Å². The Morgan fingerprint density at radius 3 is 2.86 bits per heavy atom. The first-order valence-corrected chi connectivity index (χ1v) is 10.1. The van der Waals surface area contributed by atoms with Gasteiger partial charge < -0.3 is 14.1 Å². The molecule has 2 heterocycles. The highest BCUT2D eigenvalue weighted by Crippen LogP contribution is 2.32. The molecule has 148 valence electrons. The van der Waals surface area contributed by atoms with Gasteiger partial charge in [-0.15, -0.1) is 10.2 Å². The van der Waals surface area contributed by atoms with Crippen LogP contribution in [-0.4, -0.2) is 20.2 Å². The predicted octanol–water partition coefficient (Wildman–Crippen LogP) is 4.36. The lowest BCUT2D eigenvalue weighted by Crippen LogP contribution is -2.12. The molecule has 1 unspecified atom stereocenters. The fraction of sp³-hybridized carbons (Fsp3) is 0.238. The molecule has 7 nitrogen and oxygen atoms in total. The van der Waals surface area contributed by atoms with E-state index in [1.807, 2.05) is 57.2 Å². The number of rotatable bonds is 6. The van der Waals surface area contributed by atoms with E-state index >= 15 is 0 Å². The van der Waals surface area contributed by atoms with Crippen molar-refractivity contribution >= 4 is 22.7 Å². The fourth-order valence-electron chi connectivity index (χ4n) is 2.85. The van der Waals surface area contributed by atoms with Crippen molar-refractivity contribution in [2.24, 2.45) is 0 Å². The van der Waals surface area contributed by atoms with Crippen LogP contribution in [0.4, 0.5) is 0 Å². The zero-order valence-electron chi connectivity index (χ0n) is 16.3. The SMILES string of the molecule is Cc1ccc(C)c(OCc2nnc(SC(C)c3nc4ccccc4c(=O)[nH]3)o2)c1. The molecule has 0 saturated heterocycles. The number of nitrogens with one attached hydrogen (secondary N) is 1. The number of ether oxygens (including phenoxy) is 1. The summed E-state index contributed by atoms with van der Waals surface area (Å²) in [5.41, 5.74) is 2.67. The normalized spacial score (nSPS) is 12.2. The minimum atomic E-state index is -0.166. The summed E-state index contributed by atoms with van der Waals surface area (Å²) in [5.74, 6) is 1.74. The average Bonchev–Trinajstić information content (AvgIpc) is 3.16. The Hall–Kier alpha value is -3.13. The second kappa shape index (κ2) is 8.08. The number of aromatic amines is 1. The molecule has 2 aromatic carbocycles. The van der Waals surface area contributed by atoms with Gasteiger partial charge in [-0.3, -0.25) is 4.79 Å². The second-order valence-corrected chi connectivity index (χ2v) is 8.04. The van der Waals surface area contributed by atoms with Gasteiger partial charge in [0.25, 0.3) is 16.7 Å². The van der Waals surface area contributed by atoms with Gasteiger partial charge in [0, 0.05) is 0 Å². The highest BCUT2D eigenvalue weighted by molar-refractivity contribution is 7.99. The van der Waals surface area contributed by atoms with E-state index in [4.69, 9.17) is 9.15 Å². The molecule has 0 fully saturated rings. The molecule has 1 atom stereocenters. The van der Waals surface area contributed by atoms with E-state index < -0.39 is 0 Å². The maximum absolute atomic E-state index is 12.3. The number of para-hydroxylation sites is 1. The number of aryl methyl sites for hydroxylation is 2. The first-order chi connectivity index (χ1) is 14.0. The zero-order valence-corrected chi connectivity index (χ0v) is 17.1. The van der Waals surface area contributed by atoms with Crippen molar-refractivity contribution in [3.05, 3.63) is 75.7 Å². The van der Waals surface area contributed by atoms with Gasteiger partial charge in [0.05, 0.1) is 16.2 Å². The fourth-order valence-corrected chi connectivity index (χ4v) is 3.61. The number of hydrogen-bond donors (Lipinski definition) is 1. The molecule has 0 aliphatic carbocycles. The highest BCUT2D eigenvalue weighted by Gasteiger charge is 2.17. The van der Waals surface area contributed by atoms with Crippen LogP contribution in [0.2, 0.25) is 0 Å². The van der Waals surface area contributed by atoms with Gasteiger partial charge in [-0.2, -0.15) is 0 Å². The molecule has 2 aromatic heterocycles. The van der Waals surface area contributed by atoms with E-state index in [2.05, 4.69) is 20.2 Å². The van der Waals surface area contributed by atoms with Crippen molar-refractivity contribution in [1.82, 2.24) is 20.2 Å². The van der Waals surface area contributed by atoms with E-state index in [9.17, 15) is 4.79 Å². The molecule has 0 spiro atoms. The van der Waals surface area contributed by atoms with Gasteiger partial charge in [0.2, 0.25) is 0 Å². The molecule has 4 aromatic rings. The Morgan fingerprint density at radius 2 is 2.00 bits per heavy atom. The Kier molecular flexibility index (Phi) is 5.35. The minimum Gasteiger partial charge on any atom is -0.484 e. The lowest BCUT2D eigenvalue weighted by Gasteiger charge is -2.09. The number of thioether (sulfide) groups is 1. The molecule has 1 N–H and O–H groups in total. The van der Waals surface area contributed by atoms with Gasteiger partial charge in [0.15, 0.2) is 6.61 Å². The first-order valence-electron chi connectivity index (χ1n) is 9.17. The largest absolute Gasteiger partial charge is 0.484 e. The van der Waals surface area contributed by atoms with Crippen LogP contribution in [0.25, 0.3) is 10.9 Å². The summed E-state index contributed by atoms with van der Waals surface area (Å²) >= 11 is 1.33. The van der Waals surface area contributed by atoms with Crippen LogP contribution in [-0.2, 0) is 6.61 Å². The number of H-pyrrole nitrogens is 1. The van der Waals surface area contributed by atoms with Crippen LogP contribution < -0.4 is 10.3 Å². The van der Waals surface area contributed by atoms with Crippen LogP contribution in [0.1, 0.15) is 35.0 Å². The maximum Gasteiger partial charge on any atom is 0.277 e. The Labute approximate surface area is 171 Å². The van der Waals surface area contributed by atoms with E-state index in [-0.39, 0.29) is 17.4 Å². The number of aromatic nitrogens is 4. The van der Waals surface area contributed by atoms with Crippen LogP contribution in [0.3, 0.4) is 0 Å². The summed E-state index contributed by atoms with van der Waals surface area (Å²) < 4.78 is 11.5. The highest BCUT2D eigenvalue weighted by atomic mass is 32.2. The molecule has 8 heteroatoms. The second-order valence-electron chi connectivity index (χ2n) is 6.75. The summed E-state index contributed by atoms with van der Waals surface area (Å²) in [6, 6.07) is 13.3. The van der Waals surface area contributed by atoms with E-state index in [0.29, 0.717) is 27.8 Å². The van der Waals surface area contributed by atoms with Crippen LogP contribution in [0, 0.1) is 13.8 Å². The monoisotopic (exact) mass is 408 g/mol. The van der Waals surface area contributed by atoms with Gasteiger partial charge in [-0.1, -0.05) is 36.0 Å². The van der Waals surface area contributed by atoms with Crippen molar-refractivity contribution < 1.29 is 9.15 Å². The Balaban J connectivity index is 1.45. The van der Waals surface area contributed by atoms with Crippen molar-refractivity contribution in [2.45, 2.75) is 37.9 Å². The summed E-state index contributed by atoms with van der Waals surface area (Å²) in [6.45, 7) is 6.12. The molecular formula is C21H20N4O3S. The summed E-state index contributed by atoms with van der Waals surface area (Å²) in [6.07, 6.45) is 0. The van der Waals surface area contributed by atoms with Crippen molar-refractivity contribution in [3.8, 4) is 5.75 Å². The van der Waals surface area contributed by atoms with Gasteiger partial charge >= 0.3 is 0 Å². The quantitative estimate of drug-likeness (QED) is 0.474. The lowest BCUT2D eigenvalue weighted by molar-refractivity contribution is 0.250. The van der Waals surface area contributed by atoms with Crippen LogP contribution in [0.5, 0.6) is 5.75 Å². The number of fused-ring (bicyclic) bond motifs is 1. The summed E-state index contributed by atoms with van der Waals surface area (Å²) in [4.78, 5) is 19.6. The predicted molar refractivity (Wildman–Crippen MR) is 111 cm³/mol. The number of benzene rings is 2. The van der Waals surface area contributed by atoms with Gasteiger partial charge in [0.1, 0.15) is 11.6 Å². The van der Waals surface area contributed by atoms with Crippen LogP contribution in [0.15, 0.2) is 56.9 Å². The average molecular weight is 408 g/mol. The maximum atomic E-state index is 12.3. The molecule has 0 radical (unpaired) electrons. The molecule has 0 saturated carbocycles. The molecule has 0 bridgehead atoms. The van der Waals surface area contributed by atoms with Crippen LogP contribution >= 0.6 is 11.8 Å². The van der Waals surface area contributed by atoms with E-state index in [0.717, 1.165) is 16.9 Å². The van der Waals surface area contributed by atoms with Gasteiger partial charge in [-0.05, 0) is 50.1 Å². The van der Waals surface area contributed by atoms with Crippen molar-refractivity contribution in [2.75, 3.05) is 0 Å². The molecule has 0 aliphatic heterocycles. The zero-order chi connectivity index (χ0) is 20.4. The Morgan fingerprint density at radius 1 is 1.17 bits per heavy atom. The molecule has 29 heavy (non-hydrogen) atoms. The lowest BCUT2D eigenvalue weighted by atomic mass is 10.1. The third kappa shape index (κ3) is 4.32. The standard InChI is InChI=1S/C21H20N4O3S/c1-12-8-9-13(2)17(10-12)27-11-18-24-25-21(28-18)29-14(3)19-22-16-7-5-4-6-15(16)20(26)23-19/h4-10,14H,11H2,1-3H3,(H,22,23,26). The topological polar surface area (TPSA) is 93.9 Å². The molecular weight excluding hydrogens is 388 g/mol. The number of nitrogens with zero attached hydrogens (tertiary/aromatic N) is 3. The summed E-state index contributed by atoms with van der Waals surface area (Å²) in [5, 5.41) is 8.90.